The lowest BCUT2D eigenvalue weighted by molar-refractivity contribution is 0.216. The second-order valence-corrected chi connectivity index (χ2v) is 7.70. The number of pyridine rings is 1. The first-order valence-corrected chi connectivity index (χ1v) is 10.8. The lowest BCUT2D eigenvalue weighted by Gasteiger charge is -2.26. The lowest BCUT2D eigenvalue weighted by atomic mass is 9.99. The minimum absolute atomic E-state index is 0.316. The van der Waals surface area contributed by atoms with Crippen molar-refractivity contribution in [2.75, 3.05) is 36.1 Å². The van der Waals surface area contributed by atoms with Gasteiger partial charge in [-0.2, -0.15) is 0 Å². The molecule has 3 N–H and O–H groups in total. The van der Waals surface area contributed by atoms with Gasteiger partial charge in [-0.25, -0.2) is 23.4 Å². The third-order valence-corrected chi connectivity index (χ3v) is 5.40. The van der Waals surface area contributed by atoms with Crippen LogP contribution in [-0.4, -0.2) is 42.1 Å². The molecular formula is C25H23F2N5O3. The van der Waals surface area contributed by atoms with Crippen LogP contribution in [0.2, 0.25) is 0 Å². The van der Waals surface area contributed by atoms with Gasteiger partial charge in [-0.3, -0.25) is 5.32 Å². The summed E-state index contributed by atoms with van der Waals surface area (Å²) in [6.07, 6.45) is 3.34. The van der Waals surface area contributed by atoms with Gasteiger partial charge in [-0.05, 0) is 41.8 Å². The Morgan fingerprint density at radius 2 is 1.80 bits per heavy atom. The van der Waals surface area contributed by atoms with E-state index < -0.39 is 23.7 Å². The van der Waals surface area contributed by atoms with Crippen molar-refractivity contribution in [2.24, 2.45) is 0 Å². The highest BCUT2D eigenvalue weighted by Crippen LogP contribution is 2.26. The van der Waals surface area contributed by atoms with Crippen LogP contribution in [0.5, 0.6) is 5.75 Å². The summed E-state index contributed by atoms with van der Waals surface area (Å²) in [6.45, 7) is 0.743. The monoisotopic (exact) mass is 479 g/mol. The molecule has 3 aromatic rings. The molecule has 0 fully saturated rings. The van der Waals surface area contributed by atoms with E-state index in [1.807, 2.05) is 24.3 Å². The van der Waals surface area contributed by atoms with Crippen LogP contribution >= 0.6 is 0 Å². The summed E-state index contributed by atoms with van der Waals surface area (Å²) in [4.78, 5) is 29.8. The Morgan fingerprint density at radius 1 is 1.03 bits per heavy atom. The van der Waals surface area contributed by atoms with Gasteiger partial charge in [-0.1, -0.05) is 30.3 Å². The number of benzene rings is 2. The number of hydrogen-bond acceptors (Lipinski definition) is 4. The summed E-state index contributed by atoms with van der Waals surface area (Å²) in [7, 11) is 1.53. The number of rotatable bonds is 5. The zero-order valence-electron chi connectivity index (χ0n) is 18.8. The molecule has 1 aromatic heterocycles. The molecule has 0 aliphatic carbocycles. The molecule has 4 amide bonds. The number of amides is 4. The van der Waals surface area contributed by atoms with Gasteiger partial charge in [0, 0.05) is 24.8 Å². The summed E-state index contributed by atoms with van der Waals surface area (Å²) in [5, 5.41) is 7.89. The maximum atomic E-state index is 13.7. The van der Waals surface area contributed by atoms with Crippen LogP contribution in [0, 0.1) is 11.6 Å². The first-order chi connectivity index (χ1) is 16.9. The number of ether oxygens (including phenoxy) is 1. The van der Waals surface area contributed by atoms with Crippen molar-refractivity contribution in [1.82, 2.24) is 9.88 Å². The van der Waals surface area contributed by atoms with Crippen LogP contribution in [0.25, 0.3) is 5.57 Å². The van der Waals surface area contributed by atoms with Crippen molar-refractivity contribution in [3.05, 3.63) is 84.1 Å². The highest BCUT2D eigenvalue weighted by atomic mass is 19.1. The molecule has 0 bridgehead atoms. The molecule has 1 aliphatic heterocycles. The number of urea groups is 2. The van der Waals surface area contributed by atoms with Crippen molar-refractivity contribution < 1.29 is 23.1 Å². The minimum atomic E-state index is -0.933. The van der Waals surface area contributed by atoms with E-state index in [4.69, 9.17) is 4.74 Å². The molecule has 10 heteroatoms. The third kappa shape index (κ3) is 5.91. The van der Waals surface area contributed by atoms with Gasteiger partial charge in [0.25, 0.3) is 0 Å². The summed E-state index contributed by atoms with van der Waals surface area (Å²) in [5.74, 6) is -1.51. The number of halogens is 2. The van der Waals surface area contributed by atoms with E-state index in [1.54, 1.807) is 30.3 Å². The molecule has 0 spiro atoms. The molecule has 0 atom stereocenters. The Bertz CT molecular complexity index is 1260. The summed E-state index contributed by atoms with van der Waals surface area (Å²) < 4.78 is 31.9. The first kappa shape index (κ1) is 23.7. The molecule has 1 aliphatic rings. The molecule has 0 unspecified atom stereocenters. The fourth-order valence-electron chi connectivity index (χ4n) is 3.60. The average molecular weight is 479 g/mol. The molecule has 0 saturated carbocycles. The number of aromatic nitrogens is 1. The number of nitrogens with one attached hydrogen (secondary N) is 3. The summed E-state index contributed by atoms with van der Waals surface area (Å²) in [6, 6.07) is 14.2. The van der Waals surface area contributed by atoms with Gasteiger partial charge in [0.05, 0.1) is 19.0 Å². The standard InChI is InChI=1S/C25H23F2N5O3/c1-35-22-5-3-2-4-21(22)30-24(33)29-19-8-6-16(7-9-19)17-10-12-32(13-11-17)25(34)31-23-20(27)14-18(26)15-28-23/h2-10,14-15H,11-13H2,1H3,(H,28,31,34)(H2,29,30,33). The van der Waals surface area contributed by atoms with Crippen molar-refractivity contribution in [1.29, 1.82) is 0 Å². The Morgan fingerprint density at radius 3 is 2.49 bits per heavy atom. The van der Waals surface area contributed by atoms with Crippen molar-refractivity contribution in [2.45, 2.75) is 6.42 Å². The quantitative estimate of drug-likeness (QED) is 0.461. The first-order valence-electron chi connectivity index (χ1n) is 10.8. The molecule has 8 nitrogen and oxygen atoms in total. The average Bonchev–Trinajstić information content (AvgIpc) is 2.86. The van der Waals surface area contributed by atoms with Gasteiger partial charge < -0.3 is 20.3 Å². The number of anilines is 3. The molecule has 35 heavy (non-hydrogen) atoms. The second kappa shape index (κ2) is 10.6. The largest absolute Gasteiger partial charge is 0.495 e. The number of para-hydroxylation sites is 2. The van der Waals surface area contributed by atoms with Gasteiger partial charge in [0.1, 0.15) is 11.6 Å². The molecule has 2 heterocycles. The lowest BCUT2D eigenvalue weighted by Crippen LogP contribution is -2.38. The molecule has 4 rings (SSSR count). The van der Waals surface area contributed by atoms with Crippen LogP contribution in [-0.2, 0) is 0 Å². The maximum Gasteiger partial charge on any atom is 0.323 e. The third-order valence-electron chi connectivity index (χ3n) is 5.40. The van der Waals surface area contributed by atoms with Crippen molar-refractivity contribution >= 4 is 34.8 Å². The van der Waals surface area contributed by atoms with E-state index in [2.05, 4.69) is 20.9 Å². The zero-order valence-corrected chi connectivity index (χ0v) is 18.8. The van der Waals surface area contributed by atoms with Gasteiger partial charge >= 0.3 is 12.1 Å². The molecule has 0 radical (unpaired) electrons. The smallest absolute Gasteiger partial charge is 0.323 e. The number of nitrogens with zero attached hydrogens (tertiary/aromatic N) is 2. The molecule has 0 saturated heterocycles. The number of hydrogen-bond donors (Lipinski definition) is 3. The zero-order chi connectivity index (χ0) is 24.8. The normalized spacial score (nSPS) is 13.0. The summed E-state index contributed by atoms with van der Waals surface area (Å²) >= 11 is 0. The van der Waals surface area contributed by atoms with E-state index in [1.165, 1.54) is 12.0 Å². The second-order valence-electron chi connectivity index (χ2n) is 7.70. The highest BCUT2D eigenvalue weighted by molar-refractivity contribution is 6.00. The Hall–Kier alpha value is -4.47. The van der Waals surface area contributed by atoms with Gasteiger partial charge in [-0.15, -0.1) is 0 Å². The highest BCUT2D eigenvalue weighted by Gasteiger charge is 2.20. The number of methoxy groups -OCH3 is 1. The van der Waals surface area contributed by atoms with Crippen LogP contribution < -0.4 is 20.7 Å². The maximum absolute atomic E-state index is 13.7. The van der Waals surface area contributed by atoms with E-state index in [0.717, 1.165) is 17.3 Å². The van der Waals surface area contributed by atoms with E-state index in [0.29, 0.717) is 42.7 Å². The SMILES string of the molecule is COc1ccccc1NC(=O)Nc1ccc(C2=CCN(C(=O)Nc3ncc(F)cc3F)CC2)cc1. The van der Waals surface area contributed by atoms with Gasteiger partial charge in [0.15, 0.2) is 11.6 Å². The van der Waals surface area contributed by atoms with Crippen LogP contribution in [0.3, 0.4) is 0 Å². The predicted octanol–water partition coefficient (Wildman–Crippen LogP) is 5.33. The van der Waals surface area contributed by atoms with E-state index >= 15 is 0 Å². The number of carbonyl (C=O) groups excluding carboxylic acids is 2. The Labute approximate surface area is 200 Å². The molecule has 180 valence electrons. The van der Waals surface area contributed by atoms with Crippen molar-refractivity contribution in [3.8, 4) is 5.75 Å². The fraction of sp³-hybridized carbons (Fsp3) is 0.160. The van der Waals surface area contributed by atoms with Crippen molar-refractivity contribution in [3.63, 3.8) is 0 Å². The number of carbonyl (C=O) groups is 2. The summed E-state index contributed by atoms with van der Waals surface area (Å²) in [5.41, 5.74) is 3.19. The Kier molecular flexibility index (Phi) is 7.20. The van der Waals surface area contributed by atoms with E-state index in [-0.39, 0.29) is 5.82 Å². The minimum Gasteiger partial charge on any atom is -0.495 e. The van der Waals surface area contributed by atoms with Crippen LogP contribution in [0.15, 0.2) is 66.9 Å². The Balaban J connectivity index is 1.32. The topological polar surface area (TPSA) is 95.6 Å². The van der Waals surface area contributed by atoms with Crippen LogP contribution in [0.1, 0.15) is 12.0 Å². The predicted molar refractivity (Wildman–Crippen MR) is 129 cm³/mol. The fourth-order valence-corrected chi connectivity index (χ4v) is 3.60. The van der Waals surface area contributed by atoms with E-state index in [9.17, 15) is 18.4 Å². The van der Waals surface area contributed by atoms with Gasteiger partial charge in [0.2, 0.25) is 0 Å². The van der Waals surface area contributed by atoms with Crippen LogP contribution in [0.4, 0.5) is 35.6 Å². The molecule has 2 aromatic carbocycles. The molecular weight excluding hydrogens is 456 g/mol.